The molecule has 3 rings (SSSR count). The lowest BCUT2D eigenvalue weighted by atomic mass is 10.2. The second-order valence-electron chi connectivity index (χ2n) is 6.68. The van der Waals surface area contributed by atoms with E-state index in [1.54, 1.807) is 17.2 Å². The van der Waals surface area contributed by atoms with Gasteiger partial charge in [-0.05, 0) is 38.1 Å². The van der Waals surface area contributed by atoms with Gasteiger partial charge in [0.05, 0.1) is 18.6 Å². The monoisotopic (exact) mass is 414 g/mol. The van der Waals surface area contributed by atoms with Crippen molar-refractivity contribution in [3.8, 4) is 17.2 Å². The zero-order valence-corrected chi connectivity index (χ0v) is 17.4. The maximum Gasteiger partial charge on any atom is 0.237 e. The van der Waals surface area contributed by atoms with E-state index in [-0.39, 0.29) is 23.5 Å². The predicted molar refractivity (Wildman–Crippen MR) is 114 cm³/mol. The predicted octanol–water partition coefficient (Wildman–Crippen LogP) is 5.16. The second kappa shape index (κ2) is 9.60. The van der Waals surface area contributed by atoms with Gasteiger partial charge in [-0.25, -0.2) is 9.37 Å². The van der Waals surface area contributed by atoms with Crippen LogP contribution < -0.4 is 9.64 Å². The molecule has 29 heavy (non-hydrogen) atoms. The first-order valence-electron chi connectivity index (χ1n) is 9.22. The summed E-state index contributed by atoms with van der Waals surface area (Å²) in [6.07, 6.45) is 1.61. The standard InChI is InChI=1S/C22H23FN2O3S/c1-15(2)25(18-9-10-20(27-3)19(23)11-18)21(26)14-29-13-17-12-28-22(24-17)16-7-5-4-6-8-16/h4-12,15H,13-14H2,1-3H3. The number of halogens is 1. The van der Waals surface area contributed by atoms with Crippen LogP contribution in [0.25, 0.3) is 11.5 Å². The number of nitrogens with zero attached hydrogens (tertiary/aromatic N) is 2. The molecule has 0 aliphatic heterocycles. The van der Waals surface area contributed by atoms with Crippen molar-refractivity contribution in [2.24, 2.45) is 0 Å². The lowest BCUT2D eigenvalue weighted by molar-refractivity contribution is -0.116. The van der Waals surface area contributed by atoms with E-state index >= 15 is 0 Å². The van der Waals surface area contributed by atoms with Crippen molar-refractivity contribution < 1.29 is 18.3 Å². The number of amides is 1. The molecule has 3 aromatic rings. The number of aromatic nitrogens is 1. The van der Waals surface area contributed by atoms with Crippen LogP contribution in [0.2, 0.25) is 0 Å². The van der Waals surface area contributed by atoms with Crippen LogP contribution in [0, 0.1) is 5.82 Å². The molecule has 0 saturated carbocycles. The van der Waals surface area contributed by atoms with Crippen molar-refractivity contribution in [2.45, 2.75) is 25.6 Å². The summed E-state index contributed by atoms with van der Waals surface area (Å²) in [6, 6.07) is 14.1. The molecule has 0 fully saturated rings. The molecule has 1 amide bonds. The first-order valence-corrected chi connectivity index (χ1v) is 10.4. The Morgan fingerprint density at radius 2 is 2.00 bits per heavy atom. The van der Waals surface area contributed by atoms with Crippen LogP contribution in [-0.4, -0.2) is 29.8 Å². The lowest BCUT2D eigenvalue weighted by Crippen LogP contribution is -2.38. The minimum atomic E-state index is -0.493. The zero-order chi connectivity index (χ0) is 20.8. The van der Waals surface area contributed by atoms with Crippen molar-refractivity contribution >= 4 is 23.4 Å². The van der Waals surface area contributed by atoms with E-state index in [4.69, 9.17) is 9.15 Å². The molecule has 7 heteroatoms. The maximum atomic E-state index is 14.1. The van der Waals surface area contributed by atoms with Gasteiger partial charge in [-0.2, -0.15) is 0 Å². The van der Waals surface area contributed by atoms with Gasteiger partial charge >= 0.3 is 0 Å². The highest BCUT2D eigenvalue weighted by Crippen LogP contribution is 2.26. The molecular weight excluding hydrogens is 391 g/mol. The highest BCUT2D eigenvalue weighted by Gasteiger charge is 2.20. The van der Waals surface area contributed by atoms with Crippen molar-refractivity contribution in [1.82, 2.24) is 4.98 Å². The number of methoxy groups -OCH3 is 1. The van der Waals surface area contributed by atoms with Crippen molar-refractivity contribution in [3.05, 3.63) is 66.3 Å². The first-order chi connectivity index (χ1) is 14.0. The molecule has 0 radical (unpaired) electrons. The molecule has 0 unspecified atom stereocenters. The SMILES string of the molecule is COc1ccc(N(C(=O)CSCc2coc(-c3ccccc3)n2)C(C)C)cc1F. The maximum absolute atomic E-state index is 14.1. The van der Waals surface area contributed by atoms with Crippen LogP contribution >= 0.6 is 11.8 Å². The first kappa shape index (κ1) is 20.9. The van der Waals surface area contributed by atoms with Gasteiger partial charge in [0, 0.05) is 29.1 Å². The fourth-order valence-corrected chi connectivity index (χ4v) is 3.69. The van der Waals surface area contributed by atoms with E-state index in [1.165, 1.54) is 31.0 Å². The van der Waals surface area contributed by atoms with Gasteiger partial charge in [0.15, 0.2) is 11.6 Å². The van der Waals surface area contributed by atoms with Gasteiger partial charge in [-0.15, -0.1) is 11.8 Å². The van der Waals surface area contributed by atoms with Crippen molar-refractivity contribution in [2.75, 3.05) is 17.8 Å². The van der Waals surface area contributed by atoms with E-state index in [0.29, 0.717) is 17.3 Å². The molecule has 0 aliphatic rings. The molecule has 0 aliphatic carbocycles. The Morgan fingerprint density at radius 1 is 1.24 bits per heavy atom. The fraction of sp³-hybridized carbons (Fsp3) is 0.273. The third-order valence-electron chi connectivity index (χ3n) is 4.25. The Kier molecular flexibility index (Phi) is 6.93. The van der Waals surface area contributed by atoms with Crippen molar-refractivity contribution in [3.63, 3.8) is 0 Å². The van der Waals surface area contributed by atoms with Crippen LogP contribution in [0.3, 0.4) is 0 Å². The summed E-state index contributed by atoms with van der Waals surface area (Å²) in [7, 11) is 1.41. The highest BCUT2D eigenvalue weighted by molar-refractivity contribution is 7.99. The molecule has 0 spiro atoms. The minimum Gasteiger partial charge on any atom is -0.494 e. The highest BCUT2D eigenvalue weighted by atomic mass is 32.2. The molecule has 0 atom stereocenters. The van der Waals surface area contributed by atoms with E-state index in [0.717, 1.165) is 11.3 Å². The summed E-state index contributed by atoms with van der Waals surface area (Å²) in [5, 5.41) is 0. The Bertz CT molecular complexity index is 960. The summed E-state index contributed by atoms with van der Waals surface area (Å²) in [4.78, 5) is 18.8. The summed E-state index contributed by atoms with van der Waals surface area (Å²) in [5.74, 6) is 0.919. The van der Waals surface area contributed by atoms with Gasteiger partial charge < -0.3 is 14.1 Å². The molecule has 0 N–H and O–H groups in total. The van der Waals surface area contributed by atoms with Crippen LogP contribution in [0.4, 0.5) is 10.1 Å². The Balaban J connectivity index is 1.61. The van der Waals surface area contributed by atoms with Gasteiger partial charge in [-0.3, -0.25) is 4.79 Å². The average molecular weight is 415 g/mol. The quantitative estimate of drug-likeness (QED) is 0.509. The van der Waals surface area contributed by atoms with Gasteiger partial charge in [0.25, 0.3) is 0 Å². The van der Waals surface area contributed by atoms with E-state index in [9.17, 15) is 9.18 Å². The molecular formula is C22H23FN2O3S. The molecule has 1 heterocycles. The molecule has 0 bridgehead atoms. The molecule has 1 aromatic heterocycles. The Labute approximate surface area is 173 Å². The lowest BCUT2D eigenvalue weighted by Gasteiger charge is -2.27. The third-order valence-corrected chi connectivity index (χ3v) is 5.20. The van der Waals surface area contributed by atoms with Crippen LogP contribution in [0.15, 0.2) is 59.2 Å². The summed E-state index contributed by atoms with van der Waals surface area (Å²) >= 11 is 1.44. The van der Waals surface area contributed by atoms with Crippen LogP contribution in [0.1, 0.15) is 19.5 Å². The molecule has 2 aromatic carbocycles. The number of oxazole rings is 1. The number of benzene rings is 2. The summed E-state index contributed by atoms with van der Waals surface area (Å²) < 4.78 is 24.5. The molecule has 0 saturated heterocycles. The van der Waals surface area contributed by atoms with E-state index < -0.39 is 5.82 Å². The Hall–Kier alpha value is -2.80. The van der Waals surface area contributed by atoms with E-state index in [1.807, 2.05) is 44.2 Å². The zero-order valence-electron chi connectivity index (χ0n) is 16.6. The smallest absolute Gasteiger partial charge is 0.237 e. The number of thioether (sulfide) groups is 1. The second-order valence-corrected chi connectivity index (χ2v) is 7.66. The fourth-order valence-electron chi connectivity index (χ4n) is 2.93. The minimum absolute atomic E-state index is 0.0960. The van der Waals surface area contributed by atoms with Crippen LogP contribution in [0.5, 0.6) is 5.75 Å². The number of carbonyl (C=O) groups is 1. The largest absolute Gasteiger partial charge is 0.494 e. The number of ether oxygens (including phenoxy) is 1. The average Bonchev–Trinajstić information content (AvgIpc) is 3.18. The number of rotatable bonds is 8. The number of carbonyl (C=O) groups excluding carboxylic acids is 1. The number of anilines is 1. The topological polar surface area (TPSA) is 55.6 Å². The van der Waals surface area contributed by atoms with Gasteiger partial charge in [0.2, 0.25) is 11.8 Å². The van der Waals surface area contributed by atoms with E-state index in [2.05, 4.69) is 4.98 Å². The number of hydrogen-bond donors (Lipinski definition) is 0. The Morgan fingerprint density at radius 3 is 2.66 bits per heavy atom. The molecule has 5 nitrogen and oxygen atoms in total. The third kappa shape index (κ3) is 5.17. The van der Waals surface area contributed by atoms with Crippen molar-refractivity contribution in [1.29, 1.82) is 0 Å². The van der Waals surface area contributed by atoms with Gasteiger partial charge in [-0.1, -0.05) is 18.2 Å². The normalized spacial score (nSPS) is 10.9. The number of hydrogen-bond acceptors (Lipinski definition) is 5. The summed E-state index contributed by atoms with van der Waals surface area (Å²) in [6.45, 7) is 3.79. The van der Waals surface area contributed by atoms with Gasteiger partial charge in [0.1, 0.15) is 6.26 Å². The van der Waals surface area contributed by atoms with Crippen LogP contribution in [-0.2, 0) is 10.5 Å². The summed E-state index contributed by atoms with van der Waals surface area (Å²) in [5.41, 5.74) is 2.19. The molecule has 152 valence electrons.